The van der Waals surface area contributed by atoms with Crippen LogP contribution in [0.1, 0.15) is 25.7 Å². The van der Waals surface area contributed by atoms with E-state index < -0.39 is 0 Å². The molecular formula is C28H28N4O2. The number of anilines is 2. The summed E-state index contributed by atoms with van der Waals surface area (Å²) >= 11 is 0. The predicted octanol–water partition coefficient (Wildman–Crippen LogP) is 6.25. The van der Waals surface area contributed by atoms with E-state index in [2.05, 4.69) is 21.3 Å². The van der Waals surface area contributed by atoms with Gasteiger partial charge < -0.3 is 21.3 Å². The second-order valence-corrected chi connectivity index (χ2v) is 8.75. The maximum absolute atomic E-state index is 12.8. The Balaban J connectivity index is 1.24. The number of nitrogens with one attached hydrogen (secondary N) is 4. The van der Waals surface area contributed by atoms with E-state index in [1.54, 1.807) is 0 Å². The van der Waals surface area contributed by atoms with E-state index in [1.165, 1.54) is 0 Å². The topological polar surface area (TPSA) is 82.3 Å². The van der Waals surface area contributed by atoms with Crippen molar-refractivity contribution in [2.75, 3.05) is 10.6 Å². The van der Waals surface area contributed by atoms with Crippen LogP contribution in [0.5, 0.6) is 0 Å². The highest BCUT2D eigenvalue weighted by atomic mass is 16.2. The Labute approximate surface area is 198 Å². The van der Waals surface area contributed by atoms with E-state index in [4.69, 9.17) is 0 Å². The molecule has 4 aromatic carbocycles. The average Bonchev–Trinajstić information content (AvgIpc) is 2.86. The SMILES string of the molecule is O=C(Nc1cccc2ccccc12)N[C@H]1CCCC[C@H]1NC(=O)Nc1cccc2ccccc12. The van der Waals surface area contributed by atoms with Crippen molar-refractivity contribution in [3.05, 3.63) is 84.9 Å². The molecule has 2 atom stereocenters. The monoisotopic (exact) mass is 452 g/mol. The van der Waals surface area contributed by atoms with E-state index in [1.807, 2.05) is 84.9 Å². The van der Waals surface area contributed by atoms with Crippen LogP contribution in [0.3, 0.4) is 0 Å². The van der Waals surface area contributed by atoms with Crippen molar-refractivity contribution < 1.29 is 9.59 Å². The van der Waals surface area contributed by atoms with Crippen LogP contribution in [0.25, 0.3) is 21.5 Å². The molecule has 1 aliphatic rings. The maximum Gasteiger partial charge on any atom is 0.319 e. The fourth-order valence-electron chi connectivity index (χ4n) is 4.80. The lowest BCUT2D eigenvalue weighted by molar-refractivity contribution is 0.225. The average molecular weight is 453 g/mol. The molecule has 0 unspecified atom stereocenters. The van der Waals surface area contributed by atoms with Gasteiger partial charge in [0.2, 0.25) is 0 Å². The van der Waals surface area contributed by atoms with Crippen molar-refractivity contribution in [2.45, 2.75) is 37.8 Å². The number of carbonyl (C=O) groups excluding carboxylic acids is 2. The van der Waals surface area contributed by atoms with Gasteiger partial charge in [0, 0.05) is 10.8 Å². The summed E-state index contributed by atoms with van der Waals surface area (Å²) in [6.07, 6.45) is 3.68. The summed E-state index contributed by atoms with van der Waals surface area (Å²) in [5.74, 6) is 0. The number of carbonyl (C=O) groups is 2. The maximum atomic E-state index is 12.8. The largest absolute Gasteiger partial charge is 0.333 e. The zero-order chi connectivity index (χ0) is 23.3. The third kappa shape index (κ3) is 4.81. The van der Waals surface area contributed by atoms with E-state index in [9.17, 15) is 9.59 Å². The number of fused-ring (bicyclic) bond motifs is 2. The Morgan fingerprint density at radius 2 is 0.971 bits per heavy atom. The third-order valence-corrected chi connectivity index (χ3v) is 6.47. The fourth-order valence-corrected chi connectivity index (χ4v) is 4.80. The minimum atomic E-state index is -0.260. The molecule has 1 fully saturated rings. The number of benzene rings is 4. The number of hydrogen-bond donors (Lipinski definition) is 4. The Hall–Kier alpha value is -4.06. The van der Waals surface area contributed by atoms with Crippen molar-refractivity contribution in [2.24, 2.45) is 0 Å². The normalized spacial score (nSPS) is 17.8. The van der Waals surface area contributed by atoms with Crippen LogP contribution in [0.15, 0.2) is 84.9 Å². The van der Waals surface area contributed by atoms with Crippen molar-refractivity contribution in [3.63, 3.8) is 0 Å². The number of hydrogen-bond acceptors (Lipinski definition) is 2. The van der Waals surface area contributed by atoms with Crippen LogP contribution in [0, 0.1) is 0 Å². The van der Waals surface area contributed by atoms with Crippen molar-refractivity contribution in [1.29, 1.82) is 0 Å². The van der Waals surface area contributed by atoms with Crippen LogP contribution in [0.4, 0.5) is 21.0 Å². The van der Waals surface area contributed by atoms with Gasteiger partial charge in [0.15, 0.2) is 0 Å². The zero-order valence-corrected chi connectivity index (χ0v) is 18.9. The second kappa shape index (κ2) is 9.83. The molecule has 0 saturated heterocycles. The zero-order valence-electron chi connectivity index (χ0n) is 18.9. The fraction of sp³-hybridized carbons (Fsp3) is 0.214. The predicted molar refractivity (Wildman–Crippen MR) is 138 cm³/mol. The Kier molecular flexibility index (Phi) is 6.29. The van der Waals surface area contributed by atoms with Gasteiger partial charge in [-0.05, 0) is 35.7 Å². The van der Waals surface area contributed by atoms with Gasteiger partial charge in [-0.1, -0.05) is 85.6 Å². The highest BCUT2D eigenvalue weighted by Crippen LogP contribution is 2.25. The lowest BCUT2D eigenvalue weighted by atomic mass is 9.90. The minimum absolute atomic E-state index is 0.137. The molecule has 172 valence electrons. The first-order chi connectivity index (χ1) is 16.7. The van der Waals surface area contributed by atoms with Gasteiger partial charge in [-0.15, -0.1) is 0 Å². The summed E-state index contributed by atoms with van der Waals surface area (Å²) in [7, 11) is 0. The van der Waals surface area contributed by atoms with Gasteiger partial charge >= 0.3 is 12.1 Å². The van der Waals surface area contributed by atoms with Crippen molar-refractivity contribution >= 4 is 45.0 Å². The summed E-state index contributed by atoms with van der Waals surface area (Å²) in [5, 5.41) is 16.3. The molecule has 4 N–H and O–H groups in total. The molecule has 4 aromatic rings. The molecule has 0 aromatic heterocycles. The summed E-state index contributed by atoms with van der Waals surface area (Å²) in [6.45, 7) is 0. The molecule has 6 heteroatoms. The lowest BCUT2D eigenvalue weighted by Crippen LogP contribution is -2.54. The van der Waals surface area contributed by atoms with E-state index in [0.717, 1.165) is 58.6 Å². The van der Waals surface area contributed by atoms with Crippen LogP contribution < -0.4 is 21.3 Å². The van der Waals surface area contributed by atoms with Crippen molar-refractivity contribution in [1.82, 2.24) is 10.6 Å². The van der Waals surface area contributed by atoms with Gasteiger partial charge in [-0.2, -0.15) is 0 Å². The van der Waals surface area contributed by atoms with Gasteiger partial charge in [0.1, 0.15) is 0 Å². The molecule has 1 aliphatic carbocycles. The molecule has 0 bridgehead atoms. The smallest absolute Gasteiger partial charge is 0.319 e. The highest BCUT2D eigenvalue weighted by molar-refractivity contribution is 6.02. The van der Waals surface area contributed by atoms with Crippen molar-refractivity contribution in [3.8, 4) is 0 Å². The van der Waals surface area contributed by atoms with Crippen LogP contribution in [-0.2, 0) is 0 Å². The third-order valence-electron chi connectivity index (χ3n) is 6.47. The Bertz CT molecular complexity index is 1220. The lowest BCUT2D eigenvalue weighted by Gasteiger charge is -2.32. The minimum Gasteiger partial charge on any atom is -0.333 e. The highest BCUT2D eigenvalue weighted by Gasteiger charge is 2.28. The van der Waals surface area contributed by atoms with Gasteiger partial charge in [0.25, 0.3) is 0 Å². The molecule has 1 saturated carbocycles. The Morgan fingerprint density at radius 1 is 0.559 bits per heavy atom. The molecule has 0 radical (unpaired) electrons. The number of urea groups is 2. The summed E-state index contributed by atoms with van der Waals surface area (Å²) in [6, 6.07) is 26.8. The molecule has 0 heterocycles. The first-order valence-corrected chi connectivity index (χ1v) is 11.8. The van der Waals surface area contributed by atoms with Crippen LogP contribution >= 0.6 is 0 Å². The molecule has 5 rings (SSSR count). The van der Waals surface area contributed by atoms with Crippen LogP contribution in [-0.4, -0.2) is 24.1 Å². The van der Waals surface area contributed by atoms with Gasteiger partial charge in [-0.25, -0.2) is 9.59 Å². The van der Waals surface area contributed by atoms with Gasteiger partial charge in [0.05, 0.1) is 23.5 Å². The summed E-state index contributed by atoms with van der Waals surface area (Å²) in [5.41, 5.74) is 1.54. The first kappa shape index (κ1) is 21.8. The summed E-state index contributed by atoms with van der Waals surface area (Å²) in [4.78, 5) is 25.7. The molecule has 0 aliphatic heterocycles. The standard InChI is InChI=1S/C28H28N4O2/c33-27(29-23-17-7-11-19-9-1-3-13-21(19)23)31-25-15-5-6-16-26(25)32-28(34)30-24-18-8-12-20-10-2-4-14-22(20)24/h1-4,7-14,17-18,25-26H,5-6,15-16H2,(H2,29,31,33)(H2,30,32,34)/t25-,26+. The van der Waals surface area contributed by atoms with Gasteiger partial charge in [-0.3, -0.25) is 0 Å². The van der Waals surface area contributed by atoms with E-state index >= 15 is 0 Å². The van der Waals surface area contributed by atoms with E-state index in [0.29, 0.717) is 0 Å². The first-order valence-electron chi connectivity index (χ1n) is 11.8. The summed E-state index contributed by atoms with van der Waals surface area (Å²) < 4.78 is 0. The molecular weight excluding hydrogens is 424 g/mol. The molecule has 34 heavy (non-hydrogen) atoms. The second-order valence-electron chi connectivity index (χ2n) is 8.75. The number of amides is 4. The van der Waals surface area contributed by atoms with E-state index in [-0.39, 0.29) is 24.1 Å². The quantitative estimate of drug-likeness (QED) is 0.295. The molecule has 6 nitrogen and oxygen atoms in total. The molecule has 4 amide bonds. The number of rotatable bonds is 4. The molecule has 0 spiro atoms. The Morgan fingerprint density at radius 3 is 1.44 bits per heavy atom. The van der Waals surface area contributed by atoms with Crippen LogP contribution in [0.2, 0.25) is 0 Å².